The van der Waals surface area contributed by atoms with Crippen molar-refractivity contribution in [1.82, 2.24) is 23.9 Å². The summed E-state index contributed by atoms with van der Waals surface area (Å²) in [4.78, 5) is 29.6. The van der Waals surface area contributed by atoms with E-state index in [0.717, 1.165) is 54.9 Å². The zero-order valence-corrected chi connectivity index (χ0v) is 22.3. The quantitative estimate of drug-likeness (QED) is 0.167. The van der Waals surface area contributed by atoms with E-state index in [1.807, 2.05) is 91.0 Å². The minimum atomic E-state index is -0.0985. The molecule has 5 aromatic carbocycles. The van der Waals surface area contributed by atoms with Gasteiger partial charge in [-0.05, 0) is 24.3 Å². The molecule has 4 aromatic heterocycles. The van der Waals surface area contributed by atoms with Crippen molar-refractivity contribution in [1.29, 1.82) is 0 Å². The van der Waals surface area contributed by atoms with E-state index in [2.05, 4.69) is 41.0 Å². The van der Waals surface area contributed by atoms with Crippen LogP contribution in [0.25, 0.3) is 77.4 Å². The van der Waals surface area contributed by atoms with Crippen LogP contribution >= 0.6 is 0 Å². The van der Waals surface area contributed by atoms with Crippen LogP contribution in [-0.4, -0.2) is 23.9 Å². The van der Waals surface area contributed by atoms with Crippen molar-refractivity contribution in [3.63, 3.8) is 0 Å². The summed E-state index contributed by atoms with van der Waals surface area (Å²) in [5, 5.41) is 4.36. The average Bonchev–Trinajstić information content (AvgIpc) is 3.40. The summed E-state index contributed by atoms with van der Waals surface area (Å²) >= 11 is 0. The summed E-state index contributed by atoms with van der Waals surface area (Å²) in [6.45, 7) is 0. The van der Waals surface area contributed by atoms with E-state index < -0.39 is 0 Å². The Hall–Kier alpha value is -5.88. The maximum atomic E-state index is 14.2. The second kappa shape index (κ2) is 8.56. The lowest BCUT2D eigenvalue weighted by Gasteiger charge is -2.14. The number of rotatable bonds is 2. The molecule has 0 aliphatic heterocycles. The van der Waals surface area contributed by atoms with Gasteiger partial charge in [0.1, 0.15) is 5.65 Å². The first-order valence-corrected chi connectivity index (χ1v) is 13.9. The Labute approximate surface area is 238 Å². The van der Waals surface area contributed by atoms with E-state index in [1.165, 1.54) is 0 Å². The highest BCUT2D eigenvalue weighted by atomic mass is 16.1. The van der Waals surface area contributed by atoms with Gasteiger partial charge in [0.15, 0.2) is 0 Å². The number of hydrogen-bond donors (Lipinski definition) is 0. The number of benzene rings is 5. The summed E-state index contributed by atoms with van der Waals surface area (Å²) in [6.07, 6.45) is 0. The van der Waals surface area contributed by atoms with Crippen LogP contribution in [0.3, 0.4) is 0 Å². The second-order valence-corrected chi connectivity index (χ2v) is 10.4. The summed E-state index contributed by atoms with van der Waals surface area (Å²) in [5.74, 6) is 0.546. The maximum absolute atomic E-state index is 14.2. The predicted octanol–water partition coefficient (Wildman–Crippen LogP) is 7.71. The van der Waals surface area contributed by atoms with E-state index in [9.17, 15) is 4.79 Å². The van der Waals surface area contributed by atoms with Crippen molar-refractivity contribution >= 4 is 60.2 Å². The van der Waals surface area contributed by atoms with E-state index in [-0.39, 0.29) is 5.56 Å². The van der Waals surface area contributed by atoms with Crippen molar-refractivity contribution in [2.75, 3.05) is 0 Å². The average molecular weight is 540 g/mol. The molecular weight excluding hydrogens is 518 g/mol. The summed E-state index contributed by atoms with van der Waals surface area (Å²) < 4.78 is 3.88. The summed E-state index contributed by atoms with van der Waals surface area (Å²) in [6, 6.07) is 42.1. The number of para-hydroxylation sites is 3. The van der Waals surface area contributed by atoms with Crippen LogP contribution in [0.4, 0.5) is 0 Å². The molecule has 196 valence electrons. The van der Waals surface area contributed by atoms with Crippen LogP contribution in [0.1, 0.15) is 0 Å². The Balaban J connectivity index is 1.54. The molecule has 4 heterocycles. The van der Waals surface area contributed by atoms with E-state index >= 15 is 0 Å². The molecule has 0 aliphatic carbocycles. The highest BCUT2D eigenvalue weighted by molar-refractivity contribution is 6.20. The van der Waals surface area contributed by atoms with Crippen LogP contribution in [0.2, 0.25) is 0 Å². The molecule has 9 rings (SSSR count). The molecule has 0 radical (unpaired) electrons. The SMILES string of the molecule is O=c1c2ccccc2nc2c3ccccc3c3c(c4ccccc4n3-c3nc(-c4ccccc4)c4ccccc4n3)n12. The van der Waals surface area contributed by atoms with Gasteiger partial charge in [-0.3, -0.25) is 13.8 Å². The summed E-state index contributed by atoms with van der Waals surface area (Å²) in [7, 11) is 0. The molecule has 0 N–H and O–H groups in total. The van der Waals surface area contributed by atoms with E-state index in [1.54, 1.807) is 4.40 Å². The highest BCUT2D eigenvalue weighted by Crippen LogP contribution is 2.38. The van der Waals surface area contributed by atoms with Gasteiger partial charge in [0.2, 0.25) is 5.95 Å². The van der Waals surface area contributed by atoms with Crippen molar-refractivity contribution in [2.24, 2.45) is 0 Å². The van der Waals surface area contributed by atoms with Gasteiger partial charge < -0.3 is 0 Å². The first-order valence-electron chi connectivity index (χ1n) is 13.9. The third kappa shape index (κ3) is 3.09. The Kier molecular flexibility index (Phi) is 4.66. The zero-order valence-electron chi connectivity index (χ0n) is 22.3. The Morgan fingerprint density at radius 3 is 1.86 bits per heavy atom. The Morgan fingerprint density at radius 2 is 1.07 bits per heavy atom. The van der Waals surface area contributed by atoms with Gasteiger partial charge in [0.25, 0.3) is 5.56 Å². The molecular formula is C36H21N5O. The first kappa shape index (κ1) is 22.9. The second-order valence-electron chi connectivity index (χ2n) is 10.4. The molecule has 0 amide bonds. The lowest BCUT2D eigenvalue weighted by Crippen LogP contribution is -2.16. The molecule has 6 nitrogen and oxygen atoms in total. The molecule has 6 heteroatoms. The minimum absolute atomic E-state index is 0.0985. The van der Waals surface area contributed by atoms with Crippen LogP contribution < -0.4 is 5.56 Å². The molecule has 0 saturated heterocycles. The molecule has 0 bridgehead atoms. The van der Waals surface area contributed by atoms with Crippen LogP contribution in [0, 0.1) is 0 Å². The third-order valence-corrected chi connectivity index (χ3v) is 8.11. The normalized spacial score (nSPS) is 11.9. The number of hydrogen-bond acceptors (Lipinski definition) is 4. The number of aromatic nitrogens is 5. The fourth-order valence-electron chi connectivity index (χ4n) is 6.29. The molecule has 0 saturated carbocycles. The highest BCUT2D eigenvalue weighted by Gasteiger charge is 2.23. The standard InChI is InChI=1S/C36H21N5O/c42-35-26-17-7-10-20-29(26)37-34-24-15-5-4-14-23(24)32-33(41(34)35)27-18-8-11-21-30(27)40(32)36-38-28-19-9-6-16-25(28)31(39-36)22-12-2-1-3-13-22/h1-21H. The van der Waals surface area contributed by atoms with Crippen LogP contribution in [-0.2, 0) is 0 Å². The molecule has 42 heavy (non-hydrogen) atoms. The van der Waals surface area contributed by atoms with Crippen molar-refractivity contribution < 1.29 is 0 Å². The topological polar surface area (TPSA) is 65.1 Å². The number of pyridine rings is 1. The molecule has 0 aliphatic rings. The third-order valence-electron chi connectivity index (χ3n) is 8.11. The van der Waals surface area contributed by atoms with Gasteiger partial charge in [0, 0.05) is 27.1 Å². The smallest absolute Gasteiger partial charge is 0.266 e. The lowest BCUT2D eigenvalue weighted by molar-refractivity contribution is 1.01. The van der Waals surface area contributed by atoms with Gasteiger partial charge in [0.05, 0.1) is 38.7 Å². The lowest BCUT2D eigenvalue weighted by atomic mass is 10.1. The molecule has 0 fully saturated rings. The van der Waals surface area contributed by atoms with Crippen LogP contribution in [0.15, 0.2) is 132 Å². The molecule has 9 aromatic rings. The fraction of sp³-hybridized carbons (Fsp3) is 0. The number of nitrogens with zero attached hydrogens (tertiary/aromatic N) is 5. The van der Waals surface area contributed by atoms with Gasteiger partial charge in [-0.1, -0.05) is 103 Å². The van der Waals surface area contributed by atoms with Gasteiger partial charge in [-0.15, -0.1) is 0 Å². The van der Waals surface area contributed by atoms with Crippen LogP contribution in [0.5, 0.6) is 0 Å². The van der Waals surface area contributed by atoms with Crippen molar-refractivity contribution in [3.8, 4) is 17.2 Å². The monoisotopic (exact) mass is 539 g/mol. The van der Waals surface area contributed by atoms with Crippen molar-refractivity contribution in [2.45, 2.75) is 0 Å². The first-order chi connectivity index (χ1) is 20.8. The predicted molar refractivity (Wildman–Crippen MR) is 169 cm³/mol. The largest absolute Gasteiger partial charge is 0.276 e. The molecule has 0 unspecified atom stereocenters. The molecule has 0 spiro atoms. The Morgan fingerprint density at radius 1 is 0.476 bits per heavy atom. The minimum Gasteiger partial charge on any atom is -0.276 e. The van der Waals surface area contributed by atoms with Crippen molar-refractivity contribution in [3.05, 3.63) is 138 Å². The number of fused-ring (bicyclic) bond motifs is 10. The van der Waals surface area contributed by atoms with E-state index in [4.69, 9.17) is 15.0 Å². The maximum Gasteiger partial charge on any atom is 0.266 e. The fourth-order valence-corrected chi connectivity index (χ4v) is 6.29. The van der Waals surface area contributed by atoms with E-state index in [0.29, 0.717) is 22.5 Å². The van der Waals surface area contributed by atoms with Gasteiger partial charge in [-0.2, -0.15) is 0 Å². The Bertz CT molecular complexity index is 2600. The zero-order chi connectivity index (χ0) is 27.8. The summed E-state index contributed by atoms with van der Waals surface area (Å²) in [5.41, 5.74) is 6.52. The molecule has 0 atom stereocenters. The van der Waals surface area contributed by atoms with Gasteiger partial charge >= 0.3 is 0 Å². The van der Waals surface area contributed by atoms with Gasteiger partial charge in [-0.25, -0.2) is 15.0 Å².